The lowest BCUT2D eigenvalue weighted by molar-refractivity contribution is -0.193. The van der Waals surface area contributed by atoms with Crippen LogP contribution in [-0.2, 0) is 20.8 Å². The Labute approximate surface area is 272 Å². The number of aliphatic imine (C=N–C) groups is 2. The predicted molar refractivity (Wildman–Crippen MR) is 168 cm³/mol. The highest BCUT2D eigenvalue weighted by Crippen LogP contribution is 2.26. The maximum Gasteiger partial charge on any atom is 0.490 e. The van der Waals surface area contributed by atoms with Crippen molar-refractivity contribution >= 4 is 40.5 Å². The summed E-state index contributed by atoms with van der Waals surface area (Å²) in [7, 11) is 0. The molecular formula is C30H39F6N7O5. The van der Waals surface area contributed by atoms with Gasteiger partial charge in [0.15, 0.2) is 11.9 Å². The second kappa shape index (κ2) is 19.6. The first-order valence-electron chi connectivity index (χ1n) is 14.5. The fourth-order valence-corrected chi connectivity index (χ4v) is 4.39. The number of hydrogen-bond donors (Lipinski definition) is 6. The number of carbonyl (C=O) groups excluding carboxylic acids is 1. The number of guanidine groups is 2. The summed E-state index contributed by atoms with van der Waals surface area (Å²) in [5, 5.41) is 16.7. The number of carboxylic acids is 2. The first-order valence-corrected chi connectivity index (χ1v) is 14.5. The number of aliphatic carboxylic acids is 2. The molecule has 1 aliphatic heterocycles. The van der Waals surface area contributed by atoms with Crippen molar-refractivity contribution in [1.82, 2.24) is 4.90 Å². The van der Waals surface area contributed by atoms with Crippen LogP contribution in [0.1, 0.15) is 37.7 Å². The van der Waals surface area contributed by atoms with Gasteiger partial charge in [-0.25, -0.2) is 9.59 Å². The summed E-state index contributed by atoms with van der Waals surface area (Å²) in [5.74, 6) is -5.22. The Bertz CT molecular complexity index is 1420. The molecule has 0 unspecified atom stereocenters. The Balaban J connectivity index is 0.000000687. The fraction of sp³-hybridized carbons (Fsp3) is 0.433. The Hall–Kier alpha value is -5.03. The molecule has 48 heavy (non-hydrogen) atoms. The summed E-state index contributed by atoms with van der Waals surface area (Å²) in [5.41, 5.74) is 22.8. The maximum absolute atomic E-state index is 13.4. The molecule has 0 aromatic heterocycles. The van der Waals surface area contributed by atoms with Gasteiger partial charge < -0.3 is 38.0 Å². The summed E-state index contributed by atoms with van der Waals surface area (Å²) in [6, 6.07) is 14.9. The number of unbranched alkanes of at least 4 members (excludes halogenated alkanes) is 2. The molecular weight excluding hydrogens is 652 g/mol. The Morgan fingerprint density at radius 1 is 0.750 bits per heavy atom. The molecule has 0 aliphatic carbocycles. The van der Waals surface area contributed by atoms with Gasteiger partial charge in [0.2, 0.25) is 5.91 Å². The minimum Gasteiger partial charge on any atom is -0.475 e. The maximum atomic E-state index is 13.4. The van der Waals surface area contributed by atoms with Crippen LogP contribution in [0.4, 0.5) is 26.3 Å². The van der Waals surface area contributed by atoms with Gasteiger partial charge in [0.25, 0.3) is 0 Å². The summed E-state index contributed by atoms with van der Waals surface area (Å²) in [4.78, 5) is 41.3. The van der Waals surface area contributed by atoms with Crippen molar-refractivity contribution in [2.75, 3.05) is 19.6 Å². The van der Waals surface area contributed by atoms with Crippen molar-refractivity contribution in [3.05, 3.63) is 60.2 Å². The van der Waals surface area contributed by atoms with E-state index in [1.54, 1.807) is 0 Å². The lowest BCUT2D eigenvalue weighted by atomic mass is 9.91. The number of hydrogen-bond acceptors (Lipinski definition) is 5. The zero-order chi connectivity index (χ0) is 36.5. The van der Waals surface area contributed by atoms with Gasteiger partial charge in [-0.15, -0.1) is 0 Å². The smallest absolute Gasteiger partial charge is 0.475 e. The van der Waals surface area contributed by atoms with Gasteiger partial charge in [-0.1, -0.05) is 61.0 Å². The number of nitrogens with zero attached hydrogens (tertiary/aromatic N) is 3. The van der Waals surface area contributed by atoms with Gasteiger partial charge in [0.1, 0.15) is 0 Å². The Kier molecular flexibility index (Phi) is 16.7. The number of benzene rings is 2. The highest BCUT2D eigenvalue weighted by Gasteiger charge is 2.39. The second-order valence-electron chi connectivity index (χ2n) is 10.4. The normalized spacial score (nSPS) is 15.8. The van der Waals surface area contributed by atoms with E-state index in [0.29, 0.717) is 19.6 Å². The average Bonchev–Trinajstić information content (AvgIpc) is 2.98. The number of alkyl halides is 6. The monoisotopic (exact) mass is 691 g/mol. The van der Waals surface area contributed by atoms with Crippen LogP contribution < -0.4 is 22.9 Å². The molecule has 0 radical (unpaired) electrons. The third-order valence-electron chi connectivity index (χ3n) is 6.63. The molecule has 2 atom stereocenters. The van der Waals surface area contributed by atoms with Crippen molar-refractivity contribution in [3.63, 3.8) is 0 Å². The summed E-state index contributed by atoms with van der Waals surface area (Å²) >= 11 is 0. The van der Waals surface area contributed by atoms with E-state index in [-0.39, 0.29) is 29.8 Å². The second-order valence-corrected chi connectivity index (χ2v) is 10.4. The minimum absolute atomic E-state index is 0.0367. The molecule has 2 aromatic carbocycles. The molecule has 1 aliphatic rings. The number of carbonyl (C=O) groups is 3. The lowest BCUT2D eigenvalue weighted by Crippen LogP contribution is -2.46. The fourth-order valence-electron chi connectivity index (χ4n) is 4.39. The van der Waals surface area contributed by atoms with Gasteiger partial charge in [0.05, 0.1) is 12.0 Å². The first kappa shape index (κ1) is 41.0. The standard InChI is InChI=1S/C26H37N7O.2C2HF3O2/c27-25(28)31-14-4-3-8-21-12-13-23(33(24(21)34)16-6-5-15-32-26(29)30)18-19-10-11-20-7-1-2-9-22(20)17-19;2*3-2(4,5)1(6)7/h1-2,7,9-13,17,21,23H,3-6,8,14-16,18H2,(H4,27,28,31)(H4,29,30,32);2*(H,6,7)/t21-,23+;;/m0../s1. The Morgan fingerprint density at radius 3 is 1.75 bits per heavy atom. The number of fused-ring (bicyclic) bond motifs is 1. The van der Waals surface area contributed by atoms with Gasteiger partial charge in [-0.05, 0) is 48.4 Å². The van der Waals surface area contributed by atoms with Crippen molar-refractivity contribution in [3.8, 4) is 0 Å². The molecule has 18 heteroatoms. The molecule has 0 fully saturated rings. The van der Waals surface area contributed by atoms with Crippen LogP contribution in [0, 0.1) is 5.92 Å². The quantitative estimate of drug-likeness (QED) is 0.0629. The van der Waals surface area contributed by atoms with Gasteiger partial charge >= 0.3 is 24.3 Å². The molecule has 3 rings (SSSR count). The zero-order valence-electron chi connectivity index (χ0n) is 25.8. The molecule has 0 saturated heterocycles. The van der Waals surface area contributed by atoms with Crippen molar-refractivity contribution < 1.29 is 50.9 Å². The van der Waals surface area contributed by atoms with Crippen LogP contribution >= 0.6 is 0 Å². The molecule has 0 spiro atoms. The van der Waals surface area contributed by atoms with E-state index in [1.807, 2.05) is 11.0 Å². The lowest BCUT2D eigenvalue weighted by Gasteiger charge is -2.36. The average molecular weight is 692 g/mol. The van der Waals surface area contributed by atoms with Gasteiger partial charge in [0, 0.05) is 19.6 Å². The molecule has 2 aromatic rings. The van der Waals surface area contributed by atoms with Crippen LogP contribution in [0.3, 0.4) is 0 Å². The predicted octanol–water partition coefficient (Wildman–Crippen LogP) is 3.53. The van der Waals surface area contributed by atoms with Crippen LogP contribution in [0.15, 0.2) is 64.6 Å². The minimum atomic E-state index is -5.08. The number of rotatable bonds is 12. The number of amides is 1. The number of nitrogens with two attached hydrogens (primary N) is 4. The molecule has 266 valence electrons. The van der Waals surface area contributed by atoms with Gasteiger partial charge in [-0.3, -0.25) is 14.8 Å². The van der Waals surface area contributed by atoms with Crippen molar-refractivity contribution in [2.24, 2.45) is 38.8 Å². The topological polar surface area (TPSA) is 224 Å². The van der Waals surface area contributed by atoms with E-state index in [2.05, 4.69) is 58.5 Å². The number of carboxylic acid groups (broad SMARTS) is 2. The van der Waals surface area contributed by atoms with Crippen molar-refractivity contribution in [1.29, 1.82) is 0 Å². The summed E-state index contributed by atoms with van der Waals surface area (Å²) in [6.07, 6.45) is -0.864. The van der Waals surface area contributed by atoms with Crippen LogP contribution in [0.5, 0.6) is 0 Å². The SMILES string of the molecule is NC(N)=NCCCC[C@H]1C=C[C@H](Cc2ccc3ccccc3c2)N(CCCCN=C(N)N)C1=O.O=C(O)C(F)(F)F.O=C(O)C(F)(F)F. The summed E-state index contributed by atoms with van der Waals surface area (Å²) in [6.45, 7) is 1.85. The zero-order valence-corrected chi connectivity index (χ0v) is 25.8. The molecule has 0 saturated carbocycles. The van der Waals surface area contributed by atoms with Gasteiger partial charge in [-0.2, -0.15) is 26.3 Å². The molecule has 12 nitrogen and oxygen atoms in total. The van der Waals surface area contributed by atoms with E-state index < -0.39 is 24.3 Å². The molecule has 0 bridgehead atoms. The van der Waals surface area contributed by atoms with E-state index in [0.717, 1.165) is 38.5 Å². The number of halogens is 6. The van der Waals surface area contributed by atoms with Crippen molar-refractivity contribution in [2.45, 2.75) is 56.9 Å². The van der Waals surface area contributed by atoms with Crippen LogP contribution in [-0.4, -0.2) is 82.9 Å². The van der Waals surface area contributed by atoms with E-state index in [1.165, 1.54) is 16.3 Å². The molecule has 1 amide bonds. The van der Waals surface area contributed by atoms with E-state index in [9.17, 15) is 31.1 Å². The highest BCUT2D eigenvalue weighted by molar-refractivity contribution is 5.84. The first-order chi connectivity index (χ1) is 22.3. The molecule has 1 heterocycles. The largest absolute Gasteiger partial charge is 0.490 e. The highest BCUT2D eigenvalue weighted by atomic mass is 19.4. The third-order valence-corrected chi connectivity index (χ3v) is 6.63. The molecule has 10 N–H and O–H groups in total. The third kappa shape index (κ3) is 16.0. The van der Waals surface area contributed by atoms with E-state index >= 15 is 0 Å². The van der Waals surface area contributed by atoms with E-state index in [4.69, 9.17) is 42.7 Å². The van der Waals surface area contributed by atoms with Crippen LogP contribution in [0.2, 0.25) is 0 Å². The van der Waals surface area contributed by atoms with Crippen LogP contribution in [0.25, 0.3) is 10.8 Å². The summed E-state index contributed by atoms with van der Waals surface area (Å²) < 4.78 is 63.5. The Morgan fingerprint density at radius 2 is 1.25 bits per heavy atom.